The van der Waals surface area contributed by atoms with E-state index in [1.165, 1.54) is 0 Å². The van der Waals surface area contributed by atoms with Crippen molar-refractivity contribution in [2.45, 2.75) is 205 Å². The van der Waals surface area contributed by atoms with Gasteiger partial charge in [0.05, 0.1) is 45.7 Å². The Morgan fingerprint density at radius 2 is 0.657 bits per heavy atom. The molecule has 5 aliphatic rings. The minimum absolute atomic E-state index is 0.00713. The first-order valence-electron chi connectivity index (χ1n) is 22.6. The molecule has 30 heteroatoms. The monoisotopic (exact) mass is 1030 g/mol. The molecule has 5 saturated heterocycles. The Morgan fingerprint density at radius 3 is 0.957 bits per heavy atom. The van der Waals surface area contributed by atoms with Gasteiger partial charge in [0.25, 0.3) is 0 Å². The molecule has 0 unspecified atom stereocenters. The molecule has 0 spiro atoms. The fourth-order valence-electron chi connectivity index (χ4n) is 8.76. The van der Waals surface area contributed by atoms with Gasteiger partial charge < -0.3 is 149 Å². The Bertz CT molecular complexity index is 1540. The molecule has 0 aliphatic carbocycles. The van der Waals surface area contributed by atoms with Crippen molar-refractivity contribution in [3.05, 3.63) is 0 Å². The van der Waals surface area contributed by atoms with E-state index >= 15 is 0 Å². The lowest BCUT2D eigenvalue weighted by atomic mass is 9.86. The van der Waals surface area contributed by atoms with E-state index in [9.17, 15) is 102 Å². The largest absolute Gasteiger partial charge is 0.394 e. The van der Waals surface area contributed by atoms with E-state index in [0.29, 0.717) is 0 Å². The maximum atomic E-state index is 11.3. The summed E-state index contributed by atoms with van der Waals surface area (Å²) in [6.07, 6.45) is -54.8. The van der Waals surface area contributed by atoms with Gasteiger partial charge in [-0.3, -0.25) is 0 Å². The van der Waals surface area contributed by atoms with Crippen molar-refractivity contribution in [1.29, 1.82) is 0 Å². The van der Waals surface area contributed by atoms with E-state index in [1.807, 2.05) is 0 Å². The van der Waals surface area contributed by atoms with Crippen LogP contribution < -0.4 is 0 Å². The third kappa shape index (κ3) is 13.2. The predicted octanol–water partition coefficient (Wildman–Crippen LogP) is -12.0. The average Bonchev–Trinajstić information content (AvgIpc) is 3.32. The van der Waals surface area contributed by atoms with Gasteiger partial charge in [0, 0.05) is 0 Å². The second-order valence-corrected chi connectivity index (χ2v) is 19.1. The first-order chi connectivity index (χ1) is 32.9. The normalized spacial score (nSPS) is 47.1. The first kappa shape index (κ1) is 59.7. The van der Waals surface area contributed by atoms with Crippen LogP contribution >= 0.6 is 0 Å². The van der Waals surface area contributed by atoms with Gasteiger partial charge in [-0.15, -0.1) is 0 Å². The summed E-state index contributed by atoms with van der Waals surface area (Å²) >= 11 is 0. The van der Waals surface area contributed by atoms with Crippen LogP contribution in [0, 0.1) is 5.41 Å². The molecule has 20 N–H and O–H groups in total. The van der Waals surface area contributed by atoms with E-state index in [-0.39, 0.29) is 6.42 Å². The second-order valence-electron chi connectivity index (χ2n) is 19.1. The minimum Gasteiger partial charge on any atom is -0.394 e. The molecular weight excluding hydrogens is 960 g/mol. The number of hydrogen-bond acceptors (Lipinski definition) is 30. The third-order valence-electron chi connectivity index (χ3n) is 12.7. The molecule has 5 aliphatic heterocycles. The predicted molar refractivity (Wildman–Crippen MR) is 218 cm³/mol. The Morgan fingerprint density at radius 1 is 0.371 bits per heavy atom. The Hall–Kier alpha value is -1.20. The SMILES string of the molecule is CC(C)(C)C[C@H](O)[C@@H](O)[C@H](O[C@H]1O[C@H](CO)[C@@H](O[C@H]2O[C@H](CO)[C@@H](O[C@H]3O[C@H](CO)[C@@H](O[C@H]4O[C@H](CO)[C@@H](O[C@H]5O[C@H](CO)[C@@H](O)[C@H](O)[C@H]5O)[C@H](O)[C@H]4O)[C@H](O)[C@H]3O)[C@H](O)[C@H]2O)[C@H](O)[C@H]1O)[C@H](O)CO. The van der Waals surface area contributed by atoms with Gasteiger partial charge in [-0.25, -0.2) is 0 Å². The number of aliphatic hydroxyl groups is 20. The number of hydrogen-bond donors (Lipinski definition) is 20. The highest BCUT2D eigenvalue weighted by molar-refractivity contribution is 4.99. The maximum absolute atomic E-state index is 11.3. The van der Waals surface area contributed by atoms with Crippen molar-refractivity contribution in [1.82, 2.24) is 0 Å². The van der Waals surface area contributed by atoms with Crippen LogP contribution in [-0.2, 0) is 47.4 Å². The van der Waals surface area contributed by atoms with E-state index < -0.39 is 223 Å². The Labute approximate surface area is 399 Å². The van der Waals surface area contributed by atoms with Crippen LogP contribution in [0.25, 0.3) is 0 Å². The molecule has 70 heavy (non-hydrogen) atoms. The number of aliphatic hydroxyl groups excluding tert-OH is 20. The Kier molecular flexibility index (Phi) is 21.8. The fourth-order valence-corrected chi connectivity index (χ4v) is 8.76. The standard InChI is InChI=1S/C40H72O30/c1-40(2,3)4-11(47)18(49)30(12(48)5-41)66-36-26(57)21(52)32(14(7-43)62-36)68-38-28(59)23(54)34(16(9-45)64-38)70-39-29(60)24(55)33(17(10-46)65-39)69-37-27(58)22(53)31(15(8-44)63-37)67-35-25(56)20(51)19(50)13(6-42)61-35/h11-39,41-60H,4-10H2,1-3H3/t11-,12+,13+,14+,15+,16+,17+,18+,19+,20-,21+,22+,23+,24+,25+,26+,27+,28+,29+,30+,31+,32+,33+,34+,35+,36+,37+,38+,39+/m0/s1. The molecule has 5 fully saturated rings. The molecule has 0 radical (unpaired) electrons. The minimum atomic E-state index is -2.18. The zero-order valence-corrected chi connectivity index (χ0v) is 38.2. The zero-order valence-electron chi connectivity index (χ0n) is 38.2. The fraction of sp³-hybridized carbons (Fsp3) is 1.00. The van der Waals surface area contributed by atoms with E-state index in [2.05, 4.69) is 0 Å². The molecule has 0 bridgehead atoms. The van der Waals surface area contributed by atoms with Crippen LogP contribution in [0.4, 0.5) is 0 Å². The van der Waals surface area contributed by atoms with Crippen molar-refractivity contribution in [3.8, 4) is 0 Å². The van der Waals surface area contributed by atoms with Crippen molar-refractivity contribution in [3.63, 3.8) is 0 Å². The van der Waals surface area contributed by atoms with Crippen LogP contribution in [0.15, 0.2) is 0 Å². The van der Waals surface area contributed by atoms with Crippen LogP contribution in [0.5, 0.6) is 0 Å². The summed E-state index contributed by atoms with van der Waals surface area (Å²) in [5.41, 5.74) is -0.523. The molecule has 0 saturated carbocycles. The lowest BCUT2D eigenvalue weighted by molar-refractivity contribution is -0.394. The maximum Gasteiger partial charge on any atom is 0.187 e. The highest BCUT2D eigenvalue weighted by Gasteiger charge is 2.57. The van der Waals surface area contributed by atoms with Gasteiger partial charge in [-0.05, 0) is 11.8 Å². The molecule has 0 aromatic rings. The topological polar surface area (TPSA) is 497 Å². The zero-order chi connectivity index (χ0) is 52.3. The van der Waals surface area contributed by atoms with Crippen LogP contribution in [0.1, 0.15) is 27.2 Å². The van der Waals surface area contributed by atoms with Gasteiger partial charge in [0.15, 0.2) is 31.5 Å². The van der Waals surface area contributed by atoms with Crippen molar-refractivity contribution >= 4 is 0 Å². The van der Waals surface area contributed by atoms with Crippen molar-refractivity contribution in [2.24, 2.45) is 5.41 Å². The quantitative estimate of drug-likeness (QED) is 0.0538. The summed E-state index contributed by atoms with van der Waals surface area (Å²) in [7, 11) is 0. The summed E-state index contributed by atoms with van der Waals surface area (Å²) in [6.45, 7) is -0.542. The molecule has 412 valence electrons. The summed E-state index contributed by atoms with van der Waals surface area (Å²) in [6, 6.07) is 0. The third-order valence-corrected chi connectivity index (χ3v) is 12.7. The van der Waals surface area contributed by atoms with Crippen LogP contribution in [-0.4, -0.2) is 320 Å². The van der Waals surface area contributed by atoms with Gasteiger partial charge in [-0.1, -0.05) is 20.8 Å². The van der Waals surface area contributed by atoms with Gasteiger partial charge >= 0.3 is 0 Å². The molecule has 30 nitrogen and oxygen atoms in total. The van der Waals surface area contributed by atoms with E-state index in [0.717, 1.165) is 0 Å². The molecule has 5 rings (SSSR count). The molecule has 0 amide bonds. The van der Waals surface area contributed by atoms with Crippen LogP contribution in [0.2, 0.25) is 0 Å². The van der Waals surface area contributed by atoms with E-state index in [4.69, 9.17) is 47.4 Å². The highest BCUT2D eigenvalue weighted by atomic mass is 16.8. The summed E-state index contributed by atoms with van der Waals surface area (Å²) in [4.78, 5) is 0. The lowest BCUT2D eigenvalue weighted by Gasteiger charge is -2.49. The lowest BCUT2D eigenvalue weighted by Crippen LogP contribution is -2.68. The average molecular weight is 1030 g/mol. The molecular formula is C40H72O30. The van der Waals surface area contributed by atoms with E-state index in [1.54, 1.807) is 20.8 Å². The highest BCUT2D eigenvalue weighted by Crippen LogP contribution is 2.36. The molecule has 5 heterocycles. The van der Waals surface area contributed by atoms with Crippen molar-refractivity contribution < 1.29 is 149 Å². The van der Waals surface area contributed by atoms with Crippen LogP contribution in [0.3, 0.4) is 0 Å². The molecule has 0 aromatic carbocycles. The number of ether oxygens (including phenoxy) is 10. The molecule has 29 atom stereocenters. The second kappa shape index (κ2) is 25.6. The van der Waals surface area contributed by atoms with Crippen molar-refractivity contribution in [2.75, 3.05) is 39.6 Å². The first-order valence-corrected chi connectivity index (χ1v) is 22.6. The van der Waals surface area contributed by atoms with Gasteiger partial charge in [0.1, 0.15) is 140 Å². The number of rotatable bonds is 20. The van der Waals surface area contributed by atoms with Gasteiger partial charge in [-0.2, -0.15) is 0 Å². The summed E-state index contributed by atoms with van der Waals surface area (Å²) < 4.78 is 55.8. The summed E-state index contributed by atoms with van der Waals surface area (Å²) in [5, 5.41) is 212. The Balaban J connectivity index is 1.22. The smallest absolute Gasteiger partial charge is 0.187 e. The summed E-state index contributed by atoms with van der Waals surface area (Å²) in [5.74, 6) is 0. The van der Waals surface area contributed by atoms with Gasteiger partial charge in [0.2, 0.25) is 0 Å². The molecule has 0 aromatic heterocycles.